The minimum absolute atomic E-state index is 0.0457. The van der Waals surface area contributed by atoms with Crippen molar-refractivity contribution in [3.63, 3.8) is 0 Å². The first-order valence-electron chi connectivity index (χ1n) is 12.9. The van der Waals surface area contributed by atoms with Crippen LogP contribution < -0.4 is 5.32 Å². The second-order valence-corrected chi connectivity index (χ2v) is 10.1. The number of hydrogen-bond donors (Lipinski definition) is 1. The van der Waals surface area contributed by atoms with Crippen LogP contribution >= 0.6 is 0 Å². The van der Waals surface area contributed by atoms with Crippen LogP contribution in [0.2, 0.25) is 0 Å². The highest BCUT2D eigenvalue weighted by molar-refractivity contribution is 5.94. The lowest BCUT2D eigenvalue weighted by Crippen LogP contribution is -2.44. The summed E-state index contributed by atoms with van der Waals surface area (Å²) in [5.74, 6) is 0.369. The van der Waals surface area contributed by atoms with E-state index in [1.807, 2.05) is 66.3 Å². The minimum atomic E-state index is -0.304. The molecule has 3 amide bonds. The van der Waals surface area contributed by atoms with Gasteiger partial charge in [-0.1, -0.05) is 82.3 Å². The molecule has 0 aliphatic heterocycles. The number of hydrogen-bond acceptors (Lipinski definition) is 2. The third-order valence-corrected chi connectivity index (χ3v) is 6.54. The van der Waals surface area contributed by atoms with Gasteiger partial charge in [-0.15, -0.1) is 6.58 Å². The molecule has 3 rings (SSSR count). The first-order valence-corrected chi connectivity index (χ1v) is 12.9. The maximum absolute atomic E-state index is 13.6. The fraction of sp³-hybridized carbons (Fsp3) is 0.355. The molecule has 1 heterocycles. The van der Waals surface area contributed by atoms with Gasteiger partial charge in [-0.3, -0.25) is 4.79 Å². The Morgan fingerprint density at radius 1 is 0.892 bits per heavy atom. The molecule has 0 aliphatic carbocycles. The highest BCUT2D eigenvalue weighted by Gasteiger charge is 2.24. The molecule has 6 heteroatoms. The Kier molecular flexibility index (Phi) is 9.72. The number of carbonyl (C=O) groups excluding carboxylic acids is 2. The van der Waals surface area contributed by atoms with Crippen molar-refractivity contribution in [2.75, 3.05) is 18.4 Å². The molecule has 196 valence electrons. The number of anilines is 1. The van der Waals surface area contributed by atoms with Gasteiger partial charge >= 0.3 is 6.03 Å². The number of benzene rings is 2. The molecule has 6 nitrogen and oxygen atoms in total. The zero-order valence-electron chi connectivity index (χ0n) is 22.8. The second kappa shape index (κ2) is 12.9. The van der Waals surface area contributed by atoms with E-state index >= 15 is 0 Å². The molecule has 3 aromatic rings. The van der Waals surface area contributed by atoms with Crippen molar-refractivity contribution in [2.24, 2.45) is 7.05 Å². The Hall–Kier alpha value is -3.80. The second-order valence-electron chi connectivity index (χ2n) is 10.1. The van der Waals surface area contributed by atoms with Gasteiger partial charge in [0.25, 0.3) is 0 Å². The lowest BCUT2D eigenvalue weighted by Gasteiger charge is -2.28. The molecule has 0 bridgehead atoms. The lowest BCUT2D eigenvalue weighted by atomic mass is 9.93. The van der Waals surface area contributed by atoms with Gasteiger partial charge in [0.05, 0.1) is 6.54 Å². The number of aryl methyl sites for hydroxylation is 1. The van der Waals surface area contributed by atoms with E-state index < -0.39 is 0 Å². The van der Waals surface area contributed by atoms with E-state index in [1.54, 1.807) is 11.0 Å². The van der Waals surface area contributed by atoms with Crippen LogP contribution in [0.3, 0.4) is 0 Å². The molecule has 0 aliphatic rings. The summed E-state index contributed by atoms with van der Waals surface area (Å²) in [6, 6.07) is 19.7. The highest BCUT2D eigenvalue weighted by Crippen LogP contribution is 2.32. The summed E-state index contributed by atoms with van der Waals surface area (Å²) in [6.45, 7) is 13.4. The number of para-hydroxylation sites is 1. The smallest absolute Gasteiger partial charge is 0.322 e. The number of carbonyl (C=O) groups is 2. The molecule has 0 spiro atoms. The summed E-state index contributed by atoms with van der Waals surface area (Å²) in [5, 5.41) is 3.14. The van der Waals surface area contributed by atoms with Crippen LogP contribution in [-0.2, 0) is 24.9 Å². The third kappa shape index (κ3) is 7.35. The van der Waals surface area contributed by atoms with Crippen molar-refractivity contribution in [2.45, 2.75) is 52.6 Å². The molecule has 1 N–H and O–H groups in total. The molecule has 37 heavy (non-hydrogen) atoms. The van der Waals surface area contributed by atoms with E-state index in [-0.39, 0.29) is 36.9 Å². The predicted molar refractivity (Wildman–Crippen MR) is 152 cm³/mol. The normalized spacial score (nSPS) is 11.0. The quantitative estimate of drug-likeness (QED) is 0.305. The Balaban J connectivity index is 1.84. The Bertz CT molecular complexity index is 1170. The first kappa shape index (κ1) is 27.8. The van der Waals surface area contributed by atoms with Crippen LogP contribution in [-0.4, -0.2) is 39.4 Å². The topological polar surface area (TPSA) is 57.6 Å². The predicted octanol–water partition coefficient (Wildman–Crippen LogP) is 6.52. The first-order chi connectivity index (χ1) is 17.7. The number of rotatable bonds is 11. The molecule has 0 saturated carbocycles. The summed E-state index contributed by atoms with van der Waals surface area (Å²) in [6.07, 6.45) is 3.62. The number of nitrogens with zero attached hydrogens (tertiary/aromatic N) is 3. The van der Waals surface area contributed by atoms with Gasteiger partial charge in [0.1, 0.15) is 6.54 Å². The van der Waals surface area contributed by atoms with E-state index in [0.29, 0.717) is 13.1 Å². The van der Waals surface area contributed by atoms with Crippen LogP contribution in [0, 0.1) is 0 Å². The van der Waals surface area contributed by atoms with Crippen LogP contribution in [0.15, 0.2) is 79.5 Å². The zero-order chi connectivity index (χ0) is 26.9. The van der Waals surface area contributed by atoms with Crippen molar-refractivity contribution in [3.8, 4) is 0 Å². The fourth-order valence-electron chi connectivity index (χ4n) is 4.41. The largest absolute Gasteiger partial charge is 0.353 e. The standard InChI is InChI=1S/C31H40N4O2/c1-7-18-34(31(37)32-30-27(23(2)3)16-11-17-28(30)24(4)5)22-29(36)35(20-25-13-9-8-10-14-25)21-26-15-12-19-33(26)6/h7-17,19,23-24H,1,18,20-22H2,2-6H3,(H,32,37). The van der Waals surface area contributed by atoms with Crippen molar-refractivity contribution in [1.29, 1.82) is 0 Å². The van der Waals surface area contributed by atoms with Crippen molar-refractivity contribution in [3.05, 3.63) is 102 Å². The van der Waals surface area contributed by atoms with E-state index in [0.717, 1.165) is 28.1 Å². The average molecular weight is 501 g/mol. The van der Waals surface area contributed by atoms with Crippen LogP contribution in [0.5, 0.6) is 0 Å². The Morgan fingerprint density at radius 2 is 1.54 bits per heavy atom. The molecule has 0 radical (unpaired) electrons. The highest BCUT2D eigenvalue weighted by atomic mass is 16.2. The summed E-state index contributed by atoms with van der Waals surface area (Å²) in [4.78, 5) is 30.5. The summed E-state index contributed by atoms with van der Waals surface area (Å²) in [7, 11) is 1.97. The van der Waals surface area contributed by atoms with E-state index in [1.165, 1.54) is 4.90 Å². The molecule has 0 saturated heterocycles. The van der Waals surface area contributed by atoms with Gasteiger partial charge in [0.15, 0.2) is 0 Å². The van der Waals surface area contributed by atoms with E-state index in [2.05, 4.69) is 51.7 Å². The SMILES string of the molecule is C=CCN(CC(=O)N(Cc1ccccc1)Cc1cccn1C)C(=O)Nc1c(C(C)C)cccc1C(C)C. The van der Waals surface area contributed by atoms with Crippen LogP contribution in [0.1, 0.15) is 61.9 Å². The number of urea groups is 1. The maximum Gasteiger partial charge on any atom is 0.322 e. The summed E-state index contributed by atoms with van der Waals surface area (Å²) in [5.41, 5.74) is 5.07. The van der Waals surface area contributed by atoms with Gasteiger partial charge in [-0.05, 0) is 40.7 Å². The average Bonchev–Trinajstić information content (AvgIpc) is 3.27. The van der Waals surface area contributed by atoms with E-state index in [9.17, 15) is 9.59 Å². The van der Waals surface area contributed by atoms with Gasteiger partial charge < -0.3 is 19.7 Å². The summed E-state index contributed by atoms with van der Waals surface area (Å²) >= 11 is 0. The van der Waals surface area contributed by atoms with Crippen LogP contribution in [0.25, 0.3) is 0 Å². The van der Waals surface area contributed by atoms with Crippen molar-refractivity contribution >= 4 is 17.6 Å². The Labute approximate surface area is 221 Å². The maximum atomic E-state index is 13.6. The molecule has 0 fully saturated rings. The number of amides is 3. The monoisotopic (exact) mass is 500 g/mol. The van der Waals surface area contributed by atoms with Crippen LogP contribution in [0.4, 0.5) is 10.5 Å². The number of nitrogens with one attached hydrogen (secondary N) is 1. The molecular weight excluding hydrogens is 460 g/mol. The molecule has 1 aromatic heterocycles. The van der Waals surface area contributed by atoms with Crippen molar-refractivity contribution < 1.29 is 9.59 Å². The molecule has 0 unspecified atom stereocenters. The van der Waals surface area contributed by atoms with Crippen molar-refractivity contribution in [1.82, 2.24) is 14.4 Å². The summed E-state index contributed by atoms with van der Waals surface area (Å²) < 4.78 is 2.01. The van der Waals surface area contributed by atoms with E-state index in [4.69, 9.17) is 0 Å². The third-order valence-electron chi connectivity index (χ3n) is 6.54. The fourth-order valence-corrected chi connectivity index (χ4v) is 4.41. The molecule has 2 aromatic carbocycles. The van der Waals surface area contributed by atoms with Gasteiger partial charge in [0, 0.05) is 37.7 Å². The minimum Gasteiger partial charge on any atom is -0.353 e. The van der Waals surface area contributed by atoms with Gasteiger partial charge in [0.2, 0.25) is 5.91 Å². The molecule has 0 atom stereocenters. The van der Waals surface area contributed by atoms with Gasteiger partial charge in [-0.25, -0.2) is 4.79 Å². The number of aromatic nitrogens is 1. The molecular formula is C31H40N4O2. The lowest BCUT2D eigenvalue weighted by molar-refractivity contribution is -0.133. The Morgan fingerprint density at radius 3 is 2.08 bits per heavy atom. The zero-order valence-corrected chi connectivity index (χ0v) is 22.8. The van der Waals surface area contributed by atoms with Gasteiger partial charge in [-0.2, -0.15) is 0 Å².